The number of hydrogen-bond donors (Lipinski definition) is 2. The number of hydrogen-bond acceptors (Lipinski definition) is 6. The number of nitrogens with one attached hydrogen (secondary N) is 2. The first-order valence-corrected chi connectivity index (χ1v) is 9.77. The maximum atomic E-state index is 12.4. The Bertz CT molecular complexity index is 668. The van der Waals surface area contributed by atoms with Crippen LogP contribution >= 0.6 is 0 Å². The highest BCUT2D eigenvalue weighted by atomic mass is 16.2. The van der Waals surface area contributed by atoms with Crippen LogP contribution in [-0.4, -0.2) is 45.5 Å². The van der Waals surface area contributed by atoms with Crippen LogP contribution in [0.1, 0.15) is 51.4 Å². The summed E-state index contributed by atoms with van der Waals surface area (Å²) in [6.07, 6.45) is 5.66. The van der Waals surface area contributed by atoms with E-state index in [0.717, 1.165) is 25.7 Å². The van der Waals surface area contributed by atoms with E-state index in [1.165, 1.54) is 0 Å². The number of fused-ring (bicyclic) bond motifs is 2. The monoisotopic (exact) mass is 390 g/mol. The smallest absolute Gasteiger partial charge is 0.272 e. The predicted octanol–water partition coefficient (Wildman–Crippen LogP) is -0.601. The van der Waals surface area contributed by atoms with Gasteiger partial charge < -0.3 is 0 Å². The molecule has 0 aromatic heterocycles. The molecule has 4 rings (SSSR count). The molecule has 2 heterocycles. The van der Waals surface area contributed by atoms with Gasteiger partial charge in [0.1, 0.15) is 0 Å². The summed E-state index contributed by atoms with van der Waals surface area (Å²) in [5, 5.41) is 1.21. The van der Waals surface area contributed by atoms with Gasteiger partial charge in [0.15, 0.2) is 0 Å². The number of carbonyl (C=O) groups excluding carboxylic acids is 6. The third-order valence-corrected chi connectivity index (χ3v) is 6.32. The van der Waals surface area contributed by atoms with Crippen LogP contribution in [0.5, 0.6) is 0 Å². The van der Waals surface area contributed by atoms with E-state index in [1.54, 1.807) is 0 Å². The summed E-state index contributed by atoms with van der Waals surface area (Å²) in [6.45, 7) is 0. The first-order chi connectivity index (χ1) is 13.4. The molecule has 0 spiro atoms. The molecule has 4 atom stereocenters. The van der Waals surface area contributed by atoms with E-state index in [0.29, 0.717) is 35.7 Å². The molecule has 150 valence electrons. The van der Waals surface area contributed by atoms with Gasteiger partial charge in [-0.05, 0) is 25.7 Å². The van der Waals surface area contributed by atoms with E-state index in [9.17, 15) is 28.8 Å². The minimum atomic E-state index is -1.27. The molecule has 2 N–H and O–H groups in total. The van der Waals surface area contributed by atoms with Crippen LogP contribution < -0.4 is 10.9 Å². The number of hydrazine groups is 2. The molecule has 4 fully saturated rings. The summed E-state index contributed by atoms with van der Waals surface area (Å²) >= 11 is 0. The highest BCUT2D eigenvalue weighted by Crippen LogP contribution is 2.38. The average Bonchev–Trinajstić information content (AvgIpc) is 3.09. The number of carbonyl (C=O) groups is 6. The summed E-state index contributed by atoms with van der Waals surface area (Å²) in [7, 11) is 0. The van der Waals surface area contributed by atoms with Crippen molar-refractivity contribution >= 4 is 35.4 Å². The fourth-order valence-electron chi connectivity index (χ4n) is 4.85. The average molecular weight is 390 g/mol. The highest BCUT2D eigenvalue weighted by Gasteiger charge is 2.51. The Kier molecular flexibility index (Phi) is 4.64. The molecule has 6 amide bonds. The van der Waals surface area contributed by atoms with Gasteiger partial charge in [-0.3, -0.25) is 28.8 Å². The van der Waals surface area contributed by atoms with Gasteiger partial charge in [-0.2, -0.15) is 10.0 Å². The van der Waals surface area contributed by atoms with Crippen LogP contribution in [0.2, 0.25) is 0 Å². The van der Waals surface area contributed by atoms with E-state index in [2.05, 4.69) is 0 Å². The van der Waals surface area contributed by atoms with Gasteiger partial charge in [0.25, 0.3) is 23.6 Å². The molecular formula is C18H22N4O6. The second kappa shape index (κ2) is 6.99. The Balaban J connectivity index is 1.39. The zero-order valence-electron chi connectivity index (χ0n) is 15.3. The molecule has 2 aliphatic heterocycles. The fourth-order valence-corrected chi connectivity index (χ4v) is 4.85. The van der Waals surface area contributed by atoms with E-state index < -0.39 is 59.1 Å². The molecule has 2 saturated carbocycles. The van der Waals surface area contributed by atoms with Crippen LogP contribution in [0.3, 0.4) is 0 Å². The predicted molar refractivity (Wildman–Crippen MR) is 90.9 cm³/mol. The van der Waals surface area contributed by atoms with Crippen molar-refractivity contribution in [3.63, 3.8) is 0 Å². The van der Waals surface area contributed by atoms with Crippen molar-refractivity contribution < 1.29 is 28.8 Å². The number of amides is 6. The number of nitrogens with zero attached hydrogens (tertiary/aromatic N) is 2. The summed E-state index contributed by atoms with van der Waals surface area (Å²) in [6, 6.07) is 0. The number of imide groups is 2. The van der Waals surface area contributed by atoms with Crippen molar-refractivity contribution in [1.82, 2.24) is 20.9 Å². The van der Waals surface area contributed by atoms with E-state index in [1.807, 2.05) is 10.9 Å². The first-order valence-electron chi connectivity index (χ1n) is 9.77. The summed E-state index contributed by atoms with van der Waals surface area (Å²) < 4.78 is 0. The van der Waals surface area contributed by atoms with Crippen molar-refractivity contribution in [3.8, 4) is 0 Å². The van der Waals surface area contributed by atoms with Gasteiger partial charge in [-0.1, -0.05) is 25.7 Å². The third kappa shape index (κ3) is 2.87. The zero-order chi connectivity index (χ0) is 20.0. The standard InChI is InChI=1S/C18H22N4O6/c23-13(19-21-15(25)9-5-1-2-6-10(9)16(21)26)14(24)20-22-17(27)11-7-3-4-8-12(11)18(22)28/h9-12H,1-8H2,(H,19,23)(H,20,24). The van der Waals surface area contributed by atoms with Gasteiger partial charge in [-0.15, -0.1) is 0 Å². The minimum Gasteiger partial charge on any atom is -0.272 e. The highest BCUT2D eigenvalue weighted by molar-refractivity contribution is 6.36. The van der Waals surface area contributed by atoms with Crippen molar-refractivity contribution in [2.75, 3.05) is 0 Å². The lowest BCUT2D eigenvalue weighted by Crippen LogP contribution is -2.56. The quantitative estimate of drug-likeness (QED) is 0.478. The zero-order valence-corrected chi connectivity index (χ0v) is 15.3. The largest absolute Gasteiger partial charge is 0.330 e. The SMILES string of the molecule is O=C(NN1C(=O)C2CCCCC2C1=O)C(=O)NN1C(=O)C2CCCCC2C1=O. The lowest BCUT2D eigenvalue weighted by molar-refractivity contribution is -0.156. The van der Waals surface area contributed by atoms with Crippen molar-refractivity contribution in [1.29, 1.82) is 0 Å². The van der Waals surface area contributed by atoms with Crippen LogP contribution in [0.15, 0.2) is 0 Å². The lowest BCUT2D eigenvalue weighted by atomic mass is 9.81. The molecule has 0 aromatic carbocycles. The normalized spacial score (nSPS) is 32.3. The molecular weight excluding hydrogens is 368 g/mol. The molecule has 28 heavy (non-hydrogen) atoms. The van der Waals surface area contributed by atoms with Crippen molar-refractivity contribution in [2.45, 2.75) is 51.4 Å². The van der Waals surface area contributed by atoms with Gasteiger partial charge in [0.2, 0.25) is 0 Å². The number of rotatable bonds is 2. The second-order valence-electron chi connectivity index (χ2n) is 7.90. The van der Waals surface area contributed by atoms with Crippen LogP contribution in [-0.2, 0) is 28.8 Å². The Labute approximate surface area is 160 Å². The maximum Gasteiger partial charge on any atom is 0.330 e. The molecule has 10 heteroatoms. The Morgan fingerprint density at radius 3 is 1.07 bits per heavy atom. The Hall–Kier alpha value is -2.78. The van der Waals surface area contributed by atoms with Crippen LogP contribution in [0.4, 0.5) is 0 Å². The molecule has 0 aromatic rings. The van der Waals surface area contributed by atoms with E-state index in [4.69, 9.17) is 0 Å². The second-order valence-corrected chi connectivity index (χ2v) is 7.90. The topological polar surface area (TPSA) is 133 Å². The minimum absolute atomic E-state index is 0.463. The van der Waals surface area contributed by atoms with Gasteiger partial charge in [0.05, 0.1) is 23.7 Å². The molecule has 0 bridgehead atoms. The molecule has 4 unspecified atom stereocenters. The van der Waals surface area contributed by atoms with Crippen molar-refractivity contribution in [2.24, 2.45) is 23.7 Å². The Morgan fingerprint density at radius 2 is 0.821 bits per heavy atom. The van der Waals surface area contributed by atoms with Crippen LogP contribution in [0, 0.1) is 23.7 Å². The molecule has 2 saturated heterocycles. The maximum absolute atomic E-state index is 12.4. The van der Waals surface area contributed by atoms with Crippen LogP contribution in [0.25, 0.3) is 0 Å². The van der Waals surface area contributed by atoms with Gasteiger partial charge in [0, 0.05) is 0 Å². The molecule has 2 aliphatic carbocycles. The lowest BCUT2D eigenvalue weighted by Gasteiger charge is -2.19. The van der Waals surface area contributed by atoms with Crippen molar-refractivity contribution in [3.05, 3.63) is 0 Å². The Morgan fingerprint density at radius 1 is 0.571 bits per heavy atom. The summed E-state index contributed by atoms with van der Waals surface area (Å²) in [5.41, 5.74) is 4.07. The fraction of sp³-hybridized carbons (Fsp3) is 0.667. The molecule has 10 nitrogen and oxygen atoms in total. The van der Waals surface area contributed by atoms with Gasteiger partial charge >= 0.3 is 11.8 Å². The summed E-state index contributed by atoms with van der Waals surface area (Å²) in [5.74, 6) is -6.46. The summed E-state index contributed by atoms with van der Waals surface area (Å²) in [4.78, 5) is 73.9. The molecule has 4 aliphatic rings. The van der Waals surface area contributed by atoms with E-state index >= 15 is 0 Å². The first kappa shape index (κ1) is 18.6. The third-order valence-electron chi connectivity index (χ3n) is 6.32. The van der Waals surface area contributed by atoms with Gasteiger partial charge in [-0.25, -0.2) is 10.9 Å². The van der Waals surface area contributed by atoms with E-state index in [-0.39, 0.29) is 0 Å². The molecule has 0 radical (unpaired) electrons.